The van der Waals surface area contributed by atoms with Gasteiger partial charge in [-0.15, -0.1) is 0 Å². The Morgan fingerprint density at radius 3 is 2.90 bits per heavy atom. The number of likely N-dealkylation sites (tertiary alicyclic amines) is 1. The summed E-state index contributed by atoms with van der Waals surface area (Å²) in [7, 11) is 0. The Hall–Kier alpha value is -3.16. The molecule has 4 heterocycles. The van der Waals surface area contributed by atoms with Crippen LogP contribution < -0.4 is 5.32 Å². The topological polar surface area (TPSA) is 85.2 Å². The molecule has 7 nitrogen and oxygen atoms in total. The van der Waals surface area contributed by atoms with Crippen LogP contribution in [0.1, 0.15) is 17.5 Å². The van der Waals surface area contributed by atoms with E-state index >= 15 is 0 Å². The molecule has 2 fully saturated rings. The molecule has 3 aliphatic heterocycles. The van der Waals surface area contributed by atoms with Gasteiger partial charge in [0, 0.05) is 48.2 Å². The highest BCUT2D eigenvalue weighted by atomic mass is 16.6. The van der Waals surface area contributed by atoms with E-state index in [1.807, 2.05) is 48.5 Å². The standard InChI is InChI=1S/C23H23N5O2/c29-23-20(16-5-1-3-7-18(16)26-23)22-21(17-6-2-4-8-19(17)25-22)27-30-10-9-28-13-14-11-15(28)12-24-14/h1-8,14-15,24,26,29H,9-13H2/b27-21+/t14-,15-/m1/s1. The van der Waals surface area contributed by atoms with E-state index in [-0.39, 0.29) is 5.88 Å². The number of fused-ring (bicyclic) bond motifs is 4. The van der Waals surface area contributed by atoms with Crippen molar-refractivity contribution in [2.45, 2.75) is 18.5 Å². The summed E-state index contributed by atoms with van der Waals surface area (Å²) in [6.45, 7) is 3.56. The van der Waals surface area contributed by atoms with Crippen LogP contribution >= 0.6 is 0 Å². The maximum atomic E-state index is 10.6. The molecule has 1 aromatic heterocycles. The van der Waals surface area contributed by atoms with Crippen LogP contribution in [0, 0.1) is 0 Å². The van der Waals surface area contributed by atoms with Gasteiger partial charge < -0.3 is 20.2 Å². The molecule has 2 aromatic carbocycles. The van der Waals surface area contributed by atoms with Crippen LogP contribution in [0.4, 0.5) is 5.69 Å². The molecule has 3 aliphatic rings. The van der Waals surface area contributed by atoms with Gasteiger partial charge in [-0.05, 0) is 18.6 Å². The highest BCUT2D eigenvalue weighted by molar-refractivity contribution is 6.58. The first kappa shape index (κ1) is 17.7. The van der Waals surface area contributed by atoms with Gasteiger partial charge in [-0.2, -0.15) is 0 Å². The number of aliphatic imine (C=N–C) groups is 1. The molecule has 0 saturated carbocycles. The molecule has 7 heteroatoms. The highest BCUT2D eigenvalue weighted by Crippen LogP contribution is 2.35. The minimum Gasteiger partial charge on any atom is -0.494 e. The maximum Gasteiger partial charge on any atom is 0.199 e. The Labute approximate surface area is 174 Å². The van der Waals surface area contributed by atoms with Gasteiger partial charge >= 0.3 is 0 Å². The fourth-order valence-corrected chi connectivity index (χ4v) is 4.90. The number of aromatic amines is 1. The van der Waals surface area contributed by atoms with Crippen LogP contribution in [-0.4, -0.2) is 64.7 Å². The predicted molar refractivity (Wildman–Crippen MR) is 117 cm³/mol. The van der Waals surface area contributed by atoms with E-state index in [4.69, 9.17) is 9.83 Å². The maximum absolute atomic E-state index is 10.6. The number of hydrogen-bond donors (Lipinski definition) is 3. The predicted octanol–water partition coefficient (Wildman–Crippen LogP) is 2.77. The van der Waals surface area contributed by atoms with Gasteiger partial charge in [-0.3, -0.25) is 4.90 Å². The number of benzene rings is 2. The minimum absolute atomic E-state index is 0.0936. The fraction of sp³-hybridized carbons (Fsp3) is 0.304. The molecular formula is C23H23N5O2. The molecule has 2 saturated heterocycles. The van der Waals surface area contributed by atoms with Gasteiger partial charge in [0.05, 0.1) is 11.3 Å². The zero-order valence-electron chi connectivity index (χ0n) is 16.5. The van der Waals surface area contributed by atoms with Crippen molar-refractivity contribution in [2.24, 2.45) is 10.1 Å². The Morgan fingerprint density at radius 1 is 1.17 bits per heavy atom. The first-order valence-corrected chi connectivity index (χ1v) is 10.4. The second-order valence-electron chi connectivity index (χ2n) is 8.13. The molecule has 6 rings (SSSR count). The number of H-pyrrole nitrogens is 1. The summed E-state index contributed by atoms with van der Waals surface area (Å²) >= 11 is 0. The summed E-state index contributed by atoms with van der Waals surface area (Å²) in [5.41, 5.74) is 4.57. The molecule has 152 valence electrons. The summed E-state index contributed by atoms with van der Waals surface area (Å²) < 4.78 is 0. The number of piperazine rings is 1. The lowest BCUT2D eigenvalue weighted by atomic mass is 10.0. The highest BCUT2D eigenvalue weighted by Gasteiger charge is 2.37. The summed E-state index contributed by atoms with van der Waals surface area (Å²) in [6, 6.07) is 16.9. The average molecular weight is 401 g/mol. The number of para-hydroxylation sites is 2. The number of aromatic nitrogens is 1. The van der Waals surface area contributed by atoms with Crippen molar-refractivity contribution in [3.63, 3.8) is 0 Å². The Balaban J connectivity index is 1.29. The quantitative estimate of drug-likeness (QED) is 0.453. The van der Waals surface area contributed by atoms with Crippen LogP contribution in [-0.2, 0) is 4.84 Å². The van der Waals surface area contributed by atoms with Gasteiger partial charge in [0.1, 0.15) is 18.0 Å². The van der Waals surface area contributed by atoms with E-state index in [1.165, 1.54) is 6.42 Å². The second-order valence-corrected chi connectivity index (χ2v) is 8.13. The van der Waals surface area contributed by atoms with Crippen molar-refractivity contribution in [2.75, 3.05) is 26.2 Å². The van der Waals surface area contributed by atoms with Crippen molar-refractivity contribution in [3.8, 4) is 5.88 Å². The molecule has 0 amide bonds. The van der Waals surface area contributed by atoms with Crippen LogP contribution in [0.3, 0.4) is 0 Å². The van der Waals surface area contributed by atoms with Crippen molar-refractivity contribution < 1.29 is 9.94 Å². The number of oxime groups is 1. The molecular weight excluding hydrogens is 378 g/mol. The van der Waals surface area contributed by atoms with E-state index in [0.29, 0.717) is 35.7 Å². The zero-order valence-corrected chi connectivity index (χ0v) is 16.5. The number of nitrogens with one attached hydrogen (secondary N) is 2. The summed E-state index contributed by atoms with van der Waals surface area (Å²) in [4.78, 5) is 16.1. The van der Waals surface area contributed by atoms with Gasteiger partial charge in [0.25, 0.3) is 0 Å². The van der Waals surface area contributed by atoms with E-state index in [2.05, 4.69) is 20.4 Å². The molecule has 30 heavy (non-hydrogen) atoms. The molecule has 2 bridgehead atoms. The van der Waals surface area contributed by atoms with E-state index < -0.39 is 0 Å². The molecule has 3 aromatic rings. The van der Waals surface area contributed by atoms with Crippen molar-refractivity contribution >= 4 is 28.0 Å². The number of rotatable bonds is 5. The second kappa shape index (κ2) is 6.97. The van der Waals surface area contributed by atoms with Gasteiger partial charge in [0.2, 0.25) is 0 Å². The summed E-state index contributed by atoms with van der Waals surface area (Å²) in [5, 5.41) is 19.5. The molecule has 2 atom stereocenters. The smallest absolute Gasteiger partial charge is 0.199 e. The van der Waals surface area contributed by atoms with Crippen LogP contribution in [0.2, 0.25) is 0 Å². The van der Waals surface area contributed by atoms with E-state index in [0.717, 1.165) is 41.8 Å². The third-order valence-corrected chi connectivity index (χ3v) is 6.33. The van der Waals surface area contributed by atoms with E-state index in [1.54, 1.807) is 0 Å². The first-order chi connectivity index (χ1) is 14.8. The number of nitrogens with zero attached hydrogens (tertiary/aromatic N) is 3. The fourth-order valence-electron chi connectivity index (χ4n) is 4.90. The average Bonchev–Trinajstić information content (AvgIpc) is 3.52. The van der Waals surface area contributed by atoms with Crippen molar-refractivity contribution in [3.05, 3.63) is 59.7 Å². The molecule has 0 radical (unpaired) electrons. The lowest BCUT2D eigenvalue weighted by Crippen LogP contribution is -2.44. The summed E-state index contributed by atoms with van der Waals surface area (Å²) in [5.74, 6) is 0.0936. The minimum atomic E-state index is 0.0936. The van der Waals surface area contributed by atoms with Crippen molar-refractivity contribution in [1.29, 1.82) is 0 Å². The Bertz CT molecular complexity index is 1180. The van der Waals surface area contributed by atoms with E-state index in [9.17, 15) is 5.11 Å². The largest absolute Gasteiger partial charge is 0.494 e. The van der Waals surface area contributed by atoms with Gasteiger partial charge in [-0.25, -0.2) is 4.99 Å². The normalized spacial score (nSPS) is 24.0. The molecule has 0 unspecified atom stereocenters. The number of hydrogen-bond acceptors (Lipinski definition) is 6. The SMILES string of the molecule is Oc1[nH]c2ccccc2c1C1=Nc2ccccc2/C1=N\OCCN1C[C@H]2C[C@@H]1CN2. The molecule has 3 N–H and O–H groups in total. The zero-order chi connectivity index (χ0) is 20.1. The third-order valence-electron chi connectivity index (χ3n) is 6.33. The van der Waals surface area contributed by atoms with Gasteiger partial charge in [0.15, 0.2) is 5.88 Å². The number of aromatic hydroxyl groups is 1. The van der Waals surface area contributed by atoms with Crippen molar-refractivity contribution in [1.82, 2.24) is 15.2 Å². The Morgan fingerprint density at radius 2 is 2.03 bits per heavy atom. The Kier molecular flexibility index (Phi) is 4.11. The van der Waals surface area contributed by atoms with Crippen LogP contribution in [0.15, 0.2) is 58.7 Å². The monoisotopic (exact) mass is 401 g/mol. The third kappa shape index (κ3) is 2.81. The first-order valence-electron chi connectivity index (χ1n) is 10.4. The van der Waals surface area contributed by atoms with Crippen LogP contribution in [0.5, 0.6) is 5.88 Å². The van der Waals surface area contributed by atoms with Gasteiger partial charge in [-0.1, -0.05) is 41.6 Å². The summed E-state index contributed by atoms with van der Waals surface area (Å²) in [6.07, 6.45) is 1.23. The molecule has 0 spiro atoms. The lowest BCUT2D eigenvalue weighted by molar-refractivity contribution is 0.101. The van der Waals surface area contributed by atoms with Crippen LogP contribution in [0.25, 0.3) is 10.9 Å². The molecule has 0 aliphatic carbocycles. The lowest BCUT2D eigenvalue weighted by Gasteiger charge is -2.26.